The fraction of sp³-hybridized carbons (Fsp3) is 0.278. The van der Waals surface area contributed by atoms with Crippen LogP contribution in [0.1, 0.15) is 26.3 Å². The van der Waals surface area contributed by atoms with Crippen LogP contribution in [0.2, 0.25) is 0 Å². The zero-order valence-corrected chi connectivity index (χ0v) is 13.2. The summed E-state index contributed by atoms with van der Waals surface area (Å²) in [6.07, 6.45) is 0. The Balaban J connectivity index is 1.79. The van der Waals surface area contributed by atoms with Crippen molar-refractivity contribution in [2.45, 2.75) is 26.2 Å². The molecule has 3 N–H and O–H groups in total. The molecule has 4 nitrogen and oxygen atoms in total. The number of benzene rings is 2. The van der Waals surface area contributed by atoms with E-state index in [0.717, 1.165) is 23.0 Å². The smallest absolute Gasteiger partial charge is 0.146 e. The van der Waals surface area contributed by atoms with Crippen LogP contribution in [-0.2, 0) is 5.41 Å². The van der Waals surface area contributed by atoms with Crippen LogP contribution in [0.3, 0.4) is 0 Å². The van der Waals surface area contributed by atoms with Gasteiger partial charge in [0, 0.05) is 11.4 Å². The molecule has 0 fully saturated rings. The Kier molecular flexibility index (Phi) is 3.53. The van der Waals surface area contributed by atoms with Crippen molar-refractivity contribution in [3.63, 3.8) is 0 Å². The number of nitrogens with zero attached hydrogens (tertiary/aromatic N) is 1. The van der Waals surface area contributed by atoms with Gasteiger partial charge in [0.2, 0.25) is 0 Å². The van der Waals surface area contributed by atoms with Crippen LogP contribution in [0.4, 0.5) is 17.1 Å². The largest absolute Gasteiger partial charge is 0.483 e. The molecular formula is C18H21N3O. The molecular weight excluding hydrogens is 274 g/mol. The van der Waals surface area contributed by atoms with E-state index < -0.39 is 0 Å². The molecule has 0 atom stereocenters. The molecule has 0 saturated carbocycles. The molecule has 0 radical (unpaired) electrons. The lowest BCUT2D eigenvalue weighted by Crippen LogP contribution is -2.23. The first kappa shape index (κ1) is 14.4. The highest BCUT2D eigenvalue weighted by Gasteiger charge is 2.15. The molecule has 0 aliphatic carbocycles. The molecule has 0 saturated heterocycles. The van der Waals surface area contributed by atoms with Gasteiger partial charge in [-0.15, -0.1) is 0 Å². The first-order valence-corrected chi connectivity index (χ1v) is 7.39. The molecule has 2 aromatic carbocycles. The maximum absolute atomic E-state index is 5.79. The number of anilines is 2. The third-order valence-corrected chi connectivity index (χ3v) is 3.64. The van der Waals surface area contributed by atoms with E-state index in [9.17, 15) is 0 Å². The number of hydrogen-bond donors (Lipinski definition) is 2. The zero-order chi connectivity index (χ0) is 15.7. The Hall–Kier alpha value is -2.49. The summed E-state index contributed by atoms with van der Waals surface area (Å²) in [4.78, 5) is 4.57. The Morgan fingerprint density at radius 3 is 2.50 bits per heavy atom. The van der Waals surface area contributed by atoms with Crippen molar-refractivity contribution in [2.24, 2.45) is 4.99 Å². The van der Waals surface area contributed by atoms with Crippen molar-refractivity contribution in [3.8, 4) is 5.75 Å². The highest BCUT2D eigenvalue weighted by atomic mass is 16.5. The van der Waals surface area contributed by atoms with Gasteiger partial charge in [0.05, 0.1) is 0 Å². The zero-order valence-electron chi connectivity index (χ0n) is 13.2. The topological polar surface area (TPSA) is 59.6 Å². The molecule has 1 aliphatic heterocycles. The minimum Gasteiger partial charge on any atom is -0.483 e. The summed E-state index contributed by atoms with van der Waals surface area (Å²) in [5, 5.41) is 3.30. The van der Waals surface area contributed by atoms with E-state index in [4.69, 9.17) is 10.5 Å². The fourth-order valence-corrected chi connectivity index (χ4v) is 2.35. The highest BCUT2D eigenvalue weighted by Crippen LogP contribution is 2.32. The van der Waals surface area contributed by atoms with Crippen molar-refractivity contribution >= 4 is 22.9 Å². The number of fused-ring (bicyclic) bond motifs is 1. The summed E-state index contributed by atoms with van der Waals surface area (Å²) < 4.78 is 5.69. The Bertz CT molecular complexity index is 712. The minimum atomic E-state index is 0.153. The van der Waals surface area contributed by atoms with Crippen molar-refractivity contribution in [1.29, 1.82) is 0 Å². The maximum atomic E-state index is 5.79. The van der Waals surface area contributed by atoms with Gasteiger partial charge in [0.25, 0.3) is 0 Å². The molecule has 114 valence electrons. The van der Waals surface area contributed by atoms with Gasteiger partial charge in [0.15, 0.2) is 0 Å². The quantitative estimate of drug-likeness (QED) is 0.779. The predicted octanol–water partition coefficient (Wildman–Crippen LogP) is 4.10. The van der Waals surface area contributed by atoms with E-state index in [1.54, 1.807) is 0 Å². The van der Waals surface area contributed by atoms with Gasteiger partial charge in [0.1, 0.15) is 23.9 Å². The van der Waals surface area contributed by atoms with E-state index in [0.29, 0.717) is 12.3 Å². The number of rotatable bonds is 1. The van der Waals surface area contributed by atoms with Crippen molar-refractivity contribution < 1.29 is 4.74 Å². The summed E-state index contributed by atoms with van der Waals surface area (Å²) in [5.74, 6) is 1.55. The Labute approximate surface area is 131 Å². The minimum absolute atomic E-state index is 0.153. The summed E-state index contributed by atoms with van der Waals surface area (Å²) in [6, 6.07) is 13.9. The van der Waals surface area contributed by atoms with Gasteiger partial charge < -0.3 is 15.8 Å². The molecule has 1 aliphatic rings. The van der Waals surface area contributed by atoms with Gasteiger partial charge in [-0.05, 0) is 41.3 Å². The molecule has 3 rings (SSSR count). The third kappa shape index (κ3) is 3.06. The van der Waals surface area contributed by atoms with Crippen LogP contribution in [0, 0.1) is 0 Å². The fourth-order valence-electron chi connectivity index (χ4n) is 2.35. The molecule has 0 bridgehead atoms. The molecule has 22 heavy (non-hydrogen) atoms. The van der Waals surface area contributed by atoms with Crippen LogP contribution in [0.5, 0.6) is 5.75 Å². The van der Waals surface area contributed by atoms with Crippen LogP contribution in [0.15, 0.2) is 47.5 Å². The SMILES string of the molecule is CC(C)(C)c1ccc(NC2=Nc3cc(N)ccc3OC2)cc1. The molecule has 0 unspecified atom stereocenters. The van der Waals surface area contributed by atoms with E-state index in [1.165, 1.54) is 5.56 Å². The lowest BCUT2D eigenvalue weighted by Gasteiger charge is -2.20. The number of aliphatic imine (C=N–C) groups is 1. The van der Waals surface area contributed by atoms with Crippen molar-refractivity contribution in [1.82, 2.24) is 0 Å². The third-order valence-electron chi connectivity index (χ3n) is 3.64. The Morgan fingerprint density at radius 1 is 1.09 bits per heavy atom. The van der Waals surface area contributed by atoms with Gasteiger partial charge in [-0.1, -0.05) is 32.9 Å². The van der Waals surface area contributed by atoms with Gasteiger partial charge in [-0.3, -0.25) is 0 Å². The first-order chi connectivity index (χ1) is 10.4. The number of amidine groups is 1. The van der Waals surface area contributed by atoms with Gasteiger partial charge >= 0.3 is 0 Å². The van der Waals surface area contributed by atoms with E-state index in [2.05, 4.69) is 55.3 Å². The molecule has 2 aromatic rings. The van der Waals surface area contributed by atoms with Crippen LogP contribution >= 0.6 is 0 Å². The summed E-state index contributed by atoms with van der Waals surface area (Å²) >= 11 is 0. The second-order valence-corrected chi connectivity index (χ2v) is 6.53. The number of ether oxygens (including phenoxy) is 1. The lowest BCUT2D eigenvalue weighted by atomic mass is 9.87. The standard InChI is InChI=1S/C18H21N3O/c1-18(2,3)12-4-7-14(8-5-12)20-17-11-22-16-9-6-13(19)10-15(16)21-17/h4-10H,11,19H2,1-3H3,(H,20,21). The summed E-state index contributed by atoms with van der Waals surface area (Å²) in [7, 11) is 0. The summed E-state index contributed by atoms with van der Waals surface area (Å²) in [6.45, 7) is 7.04. The molecule has 0 amide bonds. The summed E-state index contributed by atoms with van der Waals surface area (Å²) in [5.41, 5.74) is 9.70. The number of hydrogen-bond acceptors (Lipinski definition) is 4. The van der Waals surface area contributed by atoms with E-state index >= 15 is 0 Å². The molecule has 0 spiro atoms. The second-order valence-electron chi connectivity index (χ2n) is 6.53. The van der Waals surface area contributed by atoms with Crippen LogP contribution in [-0.4, -0.2) is 12.4 Å². The Morgan fingerprint density at radius 2 is 1.82 bits per heavy atom. The lowest BCUT2D eigenvalue weighted by molar-refractivity contribution is 0.372. The number of nitrogens with two attached hydrogens (primary N) is 1. The monoisotopic (exact) mass is 295 g/mol. The normalized spacial score (nSPS) is 13.9. The van der Waals surface area contributed by atoms with Gasteiger partial charge in [-0.25, -0.2) is 4.99 Å². The first-order valence-electron chi connectivity index (χ1n) is 7.39. The average molecular weight is 295 g/mol. The second kappa shape index (κ2) is 5.37. The van der Waals surface area contributed by atoms with E-state index in [1.807, 2.05) is 18.2 Å². The van der Waals surface area contributed by atoms with Crippen LogP contribution in [0.25, 0.3) is 0 Å². The predicted molar refractivity (Wildman–Crippen MR) is 92.2 cm³/mol. The molecule has 1 heterocycles. The average Bonchev–Trinajstić information content (AvgIpc) is 2.46. The molecule has 4 heteroatoms. The molecule has 0 aromatic heterocycles. The maximum Gasteiger partial charge on any atom is 0.146 e. The van der Waals surface area contributed by atoms with E-state index in [-0.39, 0.29) is 5.41 Å². The van der Waals surface area contributed by atoms with Crippen LogP contribution < -0.4 is 15.8 Å². The number of nitrogens with one attached hydrogen (secondary N) is 1. The van der Waals surface area contributed by atoms with Crippen molar-refractivity contribution in [2.75, 3.05) is 17.7 Å². The number of nitrogen functional groups attached to an aromatic ring is 1. The van der Waals surface area contributed by atoms with Crippen molar-refractivity contribution in [3.05, 3.63) is 48.0 Å². The van der Waals surface area contributed by atoms with Gasteiger partial charge in [-0.2, -0.15) is 0 Å². The highest BCUT2D eigenvalue weighted by molar-refractivity contribution is 5.99.